The Balaban J connectivity index is 2.04. The number of benzene rings is 1. The molecule has 1 aromatic carbocycles. The lowest BCUT2D eigenvalue weighted by molar-refractivity contribution is -0.140. The van der Waals surface area contributed by atoms with Crippen LogP contribution in [0.15, 0.2) is 30.3 Å². The molecule has 6 heteroatoms. The van der Waals surface area contributed by atoms with Gasteiger partial charge in [0.05, 0.1) is 10.0 Å². The van der Waals surface area contributed by atoms with Crippen LogP contribution in [0.4, 0.5) is 0 Å². The zero-order valence-corrected chi connectivity index (χ0v) is 15.3. The zero-order valence-electron chi connectivity index (χ0n) is 13.0. The molecule has 1 aromatic heterocycles. The average molecular weight is 372 g/mol. The molecule has 2 aromatic rings. The summed E-state index contributed by atoms with van der Waals surface area (Å²) < 4.78 is 0. The van der Waals surface area contributed by atoms with Gasteiger partial charge < -0.3 is 5.11 Å². The van der Waals surface area contributed by atoms with Crippen LogP contribution in [-0.2, 0) is 11.3 Å². The maximum Gasteiger partial charge on any atom is 0.320 e. The van der Waals surface area contributed by atoms with Crippen molar-refractivity contribution in [2.24, 2.45) is 5.92 Å². The van der Waals surface area contributed by atoms with Gasteiger partial charge in [-0.2, -0.15) is 0 Å². The van der Waals surface area contributed by atoms with Gasteiger partial charge in [0.1, 0.15) is 6.04 Å². The summed E-state index contributed by atoms with van der Waals surface area (Å²) >= 11 is 13.6. The van der Waals surface area contributed by atoms with Crippen molar-refractivity contribution in [3.63, 3.8) is 0 Å². The predicted octanol–water partition coefficient (Wildman–Crippen LogP) is 5.31. The molecule has 2 rings (SSSR count). The molecule has 0 saturated heterocycles. The third-order valence-electron chi connectivity index (χ3n) is 3.39. The first kappa shape index (κ1) is 18.3. The molecule has 0 saturated carbocycles. The maximum absolute atomic E-state index is 11.3. The van der Waals surface area contributed by atoms with Gasteiger partial charge in [-0.3, -0.25) is 10.1 Å². The fourth-order valence-corrected chi connectivity index (χ4v) is 3.50. The minimum Gasteiger partial charge on any atom is -0.480 e. The number of hydrogen-bond donors (Lipinski definition) is 2. The molecule has 0 radical (unpaired) electrons. The van der Waals surface area contributed by atoms with Gasteiger partial charge in [-0.1, -0.05) is 43.1 Å². The van der Waals surface area contributed by atoms with Crippen LogP contribution < -0.4 is 5.32 Å². The second-order valence-corrected chi connectivity index (χ2v) is 7.78. The third kappa shape index (κ3) is 5.21. The Bertz CT molecular complexity index is 685. The molecule has 0 unspecified atom stereocenters. The highest BCUT2D eigenvalue weighted by atomic mass is 35.5. The van der Waals surface area contributed by atoms with Crippen LogP contribution in [0.1, 0.15) is 25.1 Å². The molecule has 0 spiro atoms. The lowest BCUT2D eigenvalue weighted by Crippen LogP contribution is -2.37. The van der Waals surface area contributed by atoms with Crippen molar-refractivity contribution in [2.45, 2.75) is 32.9 Å². The molecule has 0 fully saturated rings. The number of carboxylic acid groups (broad SMARTS) is 1. The monoisotopic (exact) mass is 371 g/mol. The lowest BCUT2D eigenvalue weighted by Gasteiger charge is -2.15. The van der Waals surface area contributed by atoms with Crippen molar-refractivity contribution < 1.29 is 9.90 Å². The molecule has 0 aliphatic heterocycles. The molecule has 1 heterocycles. The molecule has 3 nitrogen and oxygen atoms in total. The van der Waals surface area contributed by atoms with Crippen LogP contribution in [0.5, 0.6) is 0 Å². The molecule has 0 aliphatic carbocycles. The fourth-order valence-electron chi connectivity index (χ4n) is 2.24. The Morgan fingerprint density at radius 1 is 1.22 bits per heavy atom. The SMILES string of the molecule is CC(C)C[C@@H](NCc1ccc(-c2ccc(Cl)c(Cl)c2)s1)C(=O)O. The Kier molecular flexibility index (Phi) is 6.48. The van der Waals surface area contributed by atoms with Crippen molar-refractivity contribution in [3.8, 4) is 10.4 Å². The van der Waals surface area contributed by atoms with Crippen LogP contribution in [0.3, 0.4) is 0 Å². The van der Waals surface area contributed by atoms with E-state index >= 15 is 0 Å². The topological polar surface area (TPSA) is 49.3 Å². The maximum atomic E-state index is 11.3. The normalized spacial score (nSPS) is 12.6. The van der Waals surface area contributed by atoms with Crippen LogP contribution >= 0.6 is 34.5 Å². The van der Waals surface area contributed by atoms with Crippen LogP contribution in [-0.4, -0.2) is 17.1 Å². The van der Waals surface area contributed by atoms with Gasteiger partial charge in [0, 0.05) is 16.3 Å². The van der Waals surface area contributed by atoms with E-state index in [9.17, 15) is 9.90 Å². The van der Waals surface area contributed by atoms with Gasteiger partial charge >= 0.3 is 5.97 Å². The van der Waals surface area contributed by atoms with E-state index in [2.05, 4.69) is 5.32 Å². The van der Waals surface area contributed by atoms with Crippen molar-refractivity contribution in [2.75, 3.05) is 0 Å². The average Bonchev–Trinajstić information content (AvgIpc) is 2.94. The van der Waals surface area contributed by atoms with Gasteiger partial charge in [0.15, 0.2) is 0 Å². The Morgan fingerprint density at radius 3 is 2.57 bits per heavy atom. The lowest BCUT2D eigenvalue weighted by atomic mass is 10.0. The molecular weight excluding hydrogens is 353 g/mol. The quantitative estimate of drug-likeness (QED) is 0.692. The molecule has 0 amide bonds. The second kappa shape index (κ2) is 8.15. The third-order valence-corrected chi connectivity index (χ3v) is 5.27. The second-order valence-electron chi connectivity index (χ2n) is 5.80. The van der Waals surface area contributed by atoms with E-state index in [0.717, 1.165) is 15.3 Å². The summed E-state index contributed by atoms with van der Waals surface area (Å²) in [4.78, 5) is 13.4. The summed E-state index contributed by atoms with van der Waals surface area (Å²) in [5.41, 5.74) is 1.01. The number of nitrogens with one attached hydrogen (secondary N) is 1. The van der Waals surface area contributed by atoms with E-state index < -0.39 is 12.0 Å². The minimum atomic E-state index is -0.806. The summed E-state index contributed by atoms with van der Waals surface area (Å²) in [7, 11) is 0. The van der Waals surface area contributed by atoms with Crippen LogP contribution in [0, 0.1) is 5.92 Å². The minimum absolute atomic E-state index is 0.332. The van der Waals surface area contributed by atoms with Crippen molar-refractivity contribution in [1.82, 2.24) is 5.32 Å². The van der Waals surface area contributed by atoms with Gasteiger partial charge in [0.25, 0.3) is 0 Å². The number of halogens is 2. The van der Waals surface area contributed by atoms with Crippen molar-refractivity contribution in [3.05, 3.63) is 45.3 Å². The first-order valence-electron chi connectivity index (χ1n) is 7.37. The summed E-state index contributed by atoms with van der Waals surface area (Å²) in [6, 6.07) is 9.04. The van der Waals surface area contributed by atoms with Gasteiger partial charge in [-0.15, -0.1) is 11.3 Å². The Hall–Kier alpha value is -1.07. The summed E-state index contributed by atoms with van der Waals surface area (Å²) in [6.07, 6.45) is 0.611. The molecule has 124 valence electrons. The Morgan fingerprint density at radius 2 is 1.96 bits per heavy atom. The molecule has 0 bridgehead atoms. The number of carboxylic acids is 1. The summed E-state index contributed by atoms with van der Waals surface area (Å²) in [6.45, 7) is 4.58. The van der Waals surface area contributed by atoms with Gasteiger partial charge in [-0.05, 0) is 42.2 Å². The molecule has 1 atom stereocenters. The summed E-state index contributed by atoms with van der Waals surface area (Å²) in [5, 5.41) is 13.4. The van der Waals surface area contributed by atoms with Gasteiger partial charge in [-0.25, -0.2) is 0 Å². The highest BCUT2D eigenvalue weighted by Crippen LogP contribution is 2.32. The van der Waals surface area contributed by atoms with E-state index in [0.29, 0.717) is 28.9 Å². The van der Waals surface area contributed by atoms with Gasteiger partial charge in [0.2, 0.25) is 0 Å². The smallest absolute Gasteiger partial charge is 0.320 e. The van der Waals surface area contributed by atoms with E-state index in [1.807, 2.05) is 38.1 Å². The van der Waals surface area contributed by atoms with Crippen LogP contribution in [0.2, 0.25) is 10.0 Å². The Labute approximate surface area is 150 Å². The molecule has 2 N–H and O–H groups in total. The number of hydrogen-bond acceptors (Lipinski definition) is 3. The largest absolute Gasteiger partial charge is 0.480 e. The van der Waals surface area contributed by atoms with E-state index in [4.69, 9.17) is 23.2 Å². The standard InChI is InChI=1S/C17H19Cl2NO2S/c1-10(2)7-15(17(21)22)20-9-12-4-6-16(23-12)11-3-5-13(18)14(19)8-11/h3-6,8,10,15,20H,7,9H2,1-2H3,(H,21,22)/t15-/m1/s1. The van der Waals surface area contributed by atoms with Crippen molar-refractivity contribution >= 4 is 40.5 Å². The number of rotatable bonds is 7. The summed E-state index contributed by atoms with van der Waals surface area (Å²) in [5.74, 6) is -0.473. The number of aliphatic carboxylic acids is 1. The van der Waals surface area contributed by atoms with Crippen LogP contribution in [0.25, 0.3) is 10.4 Å². The molecule has 0 aliphatic rings. The molecule has 23 heavy (non-hydrogen) atoms. The highest BCUT2D eigenvalue weighted by molar-refractivity contribution is 7.15. The van der Waals surface area contributed by atoms with E-state index in [-0.39, 0.29) is 0 Å². The number of thiophene rings is 1. The highest BCUT2D eigenvalue weighted by Gasteiger charge is 2.18. The number of carbonyl (C=O) groups is 1. The first-order valence-corrected chi connectivity index (χ1v) is 8.94. The molecular formula is C17H19Cl2NO2S. The fraction of sp³-hybridized carbons (Fsp3) is 0.353. The predicted molar refractivity (Wildman–Crippen MR) is 97.5 cm³/mol. The van der Waals surface area contributed by atoms with E-state index in [1.165, 1.54) is 0 Å². The van der Waals surface area contributed by atoms with Crippen molar-refractivity contribution in [1.29, 1.82) is 0 Å². The van der Waals surface area contributed by atoms with E-state index in [1.54, 1.807) is 17.4 Å². The zero-order chi connectivity index (χ0) is 17.0. The first-order chi connectivity index (χ1) is 10.9.